The molecule has 7 nitrogen and oxygen atoms in total. The van der Waals surface area contributed by atoms with Gasteiger partial charge in [0.1, 0.15) is 21.0 Å². The van der Waals surface area contributed by atoms with Gasteiger partial charge < -0.3 is 10.4 Å². The van der Waals surface area contributed by atoms with Crippen LogP contribution in [-0.4, -0.2) is 48.4 Å². The van der Waals surface area contributed by atoms with Gasteiger partial charge in [-0.05, 0) is 12.5 Å². The summed E-state index contributed by atoms with van der Waals surface area (Å²) in [7, 11) is -3.33. The lowest BCUT2D eigenvalue weighted by atomic mass is 10.2. The number of aliphatic carboxylic acids is 1. The topological polar surface area (TPSA) is 113 Å². The predicted molar refractivity (Wildman–Crippen MR) is 77.5 cm³/mol. The van der Waals surface area contributed by atoms with E-state index in [1.807, 2.05) is 0 Å². The van der Waals surface area contributed by atoms with Crippen LogP contribution in [0.5, 0.6) is 0 Å². The molecule has 0 saturated carbocycles. The Balaban J connectivity index is 2.81. The molecule has 10 heteroatoms. The van der Waals surface area contributed by atoms with E-state index < -0.39 is 27.8 Å². The number of carboxylic acids is 1. The zero-order valence-electron chi connectivity index (χ0n) is 10.8. The highest BCUT2D eigenvalue weighted by atomic mass is 35.5. The minimum absolute atomic E-state index is 0.0140. The van der Waals surface area contributed by atoms with Gasteiger partial charge in [-0.3, -0.25) is 4.79 Å². The summed E-state index contributed by atoms with van der Waals surface area (Å²) in [6, 6.07) is -0.0940. The molecule has 0 aliphatic carbocycles. The molecule has 1 aromatic heterocycles. The fraction of sp³-hybridized carbons (Fsp3) is 0.364. The maximum absolute atomic E-state index is 11.9. The first-order valence-corrected chi connectivity index (χ1v) is 8.44. The van der Waals surface area contributed by atoms with Crippen LogP contribution in [0.4, 0.5) is 0 Å². The molecule has 1 unspecified atom stereocenters. The molecule has 0 fully saturated rings. The summed E-state index contributed by atoms with van der Waals surface area (Å²) in [5.74, 6) is -2.42. The van der Waals surface area contributed by atoms with Gasteiger partial charge in [-0.1, -0.05) is 23.2 Å². The molecule has 1 aromatic rings. The van der Waals surface area contributed by atoms with E-state index in [4.69, 9.17) is 28.3 Å². The molecule has 0 spiro atoms. The second-order valence-electron chi connectivity index (χ2n) is 4.28. The van der Waals surface area contributed by atoms with E-state index in [0.717, 1.165) is 12.5 Å². The third-order valence-corrected chi connectivity index (χ3v) is 4.10. The minimum Gasteiger partial charge on any atom is -0.480 e. The number of halogens is 2. The maximum atomic E-state index is 11.9. The molecule has 116 valence electrons. The van der Waals surface area contributed by atoms with Crippen molar-refractivity contribution in [2.45, 2.75) is 12.5 Å². The third-order valence-electron chi connectivity index (χ3n) is 2.44. The van der Waals surface area contributed by atoms with Gasteiger partial charge >= 0.3 is 5.97 Å². The Morgan fingerprint density at radius 2 is 2.05 bits per heavy atom. The Labute approximate surface area is 131 Å². The van der Waals surface area contributed by atoms with Crippen LogP contribution < -0.4 is 5.32 Å². The van der Waals surface area contributed by atoms with Crippen LogP contribution in [0.25, 0.3) is 0 Å². The second-order valence-corrected chi connectivity index (χ2v) is 7.30. The van der Waals surface area contributed by atoms with E-state index >= 15 is 0 Å². The first-order chi connectivity index (χ1) is 9.60. The van der Waals surface area contributed by atoms with Crippen molar-refractivity contribution in [3.63, 3.8) is 0 Å². The Kier molecular flexibility index (Phi) is 5.94. The van der Waals surface area contributed by atoms with Gasteiger partial charge in [-0.15, -0.1) is 0 Å². The number of hydrogen-bond acceptors (Lipinski definition) is 5. The highest BCUT2D eigenvalue weighted by molar-refractivity contribution is 7.90. The SMILES string of the molecule is CS(=O)(=O)CCC(NC(=O)c1cnc(Cl)c(Cl)c1)C(=O)O. The lowest BCUT2D eigenvalue weighted by Crippen LogP contribution is -2.41. The van der Waals surface area contributed by atoms with Crippen LogP contribution >= 0.6 is 23.2 Å². The van der Waals surface area contributed by atoms with E-state index in [0.29, 0.717) is 0 Å². The number of nitrogens with zero attached hydrogens (tertiary/aromatic N) is 1. The van der Waals surface area contributed by atoms with Gasteiger partial charge in [0.15, 0.2) is 0 Å². The van der Waals surface area contributed by atoms with Crippen molar-refractivity contribution in [2.75, 3.05) is 12.0 Å². The molecule has 0 bridgehead atoms. The molecule has 0 saturated heterocycles. The van der Waals surface area contributed by atoms with Crippen LogP contribution in [0.15, 0.2) is 12.3 Å². The first-order valence-electron chi connectivity index (χ1n) is 5.62. The number of aromatic nitrogens is 1. The van der Waals surface area contributed by atoms with Crippen molar-refractivity contribution >= 4 is 44.9 Å². The molecule has 1 heterocycles. The zero-order chi connectivity index (χ0) is 16.2. The standard InChI is InChI=1S/C11H12Cl2N2O5S/c1-21(19,20)3-2-8(11(17)18)15-10(16)6-4-7(12)9(13)14-5-6/h4-5,8H,2-3H2,1H3,(H,15,16)(H,17,18). The molecule has 0 aliphatic heterocycles. The number of amides is 1. The van der Waals surface area contributed by atoms with Crippen LogP contribution in [0.2, 0.25) is 10.2 Å². The molecule has 2 N–H and O–H groups in total. The number of pyridine rings is 1. The maximum Gasteiger partial charge on any atom is 0.326 e. The number of hydrogen-bond donors (Lipinski definition) is 2. The van der Waals surface area contributed by atoms with E-state index in [-0.39, 0.29) is 27.9 Å². The van der Waals surface area contributed by atoms with E-state index in [1.54, 1.807) is 0 Å². The summed E-state index contributed by atoms with van der Waals surface area (Å²) in [5, 5.41) is 11.3. The third kappa shape index (κ3) is 5.86. The smallest absolute Gasteiger partial charge is 0.326 e. The molecule has 0 radical (unpaired) electrons. The molecule has 21 heavy (non-hydrogen) atoms. The summed E-state index contributed by atoms with van der Waals surface area (Å²) in [6.07, 6.45) is 1.88. The number of carbonyl (C=O) groups is 2. The number of carbonyl (C=O) groups excluding carboxylic acids is 1. The fourth-order valence-corrected chi connectivity index (χ4v) is 2.31. The summed E-state index contributed by atoms with van der Waals surface area (Å²) in [4.78, 5) is 26.6. The van der Waals surface area contributed by atoms with Crippen molar-refractivity contribution in [3.05, 3.63) is 28.0 Å². The molecule has 1 amide bonds. The molecule has 0 aromatic carbocycles. The van der Waals surface area contributed by atoms with Crippen molar-refractivity contribution in [1.82, 2.24) is 10.3 Å². The fourth-order valence-electron chi connectivity index (χ4n) is 1.38. The van der Waals surface area contributed by atoms with Crippen LogP contribution in [0.1, 0.15) is 16.8 Å². The molecule has 0 aliphatic rings. The lowest BCUT2D eigenvalue weighted by molar-refractivity contribution is -0.139. The largest absolute Gasteiger partial charge is 0.480 e. The van der Waals surface area contributed by atoms with E-state index in [2.05, 4.69) is 10.3 Å². The number of sulfone groups is 1. The van der Waals surface area contributed by atoms with Crippen LogP contribution in [-0.2, 0) is 14.6 Å². The van der Waals surface area contributed by atoms with Gasteiger partial charge in [0.05, 0.1) is 16.3 Å². The Morgan fingerprint density at radius 1 is 1.43 bits per heavy atom. The summed E-state index contributed by atoms with van der Waals surface area (Å²) in [5.41, 5.74) is 0.0232. The highest BCUT2D eigenvalue weighted by Crippen LogP contribution is 2.19. The van der Waals surface area contributed by atoms with E-state index in [9.17, 15) is 18.0 Å². The number of nitrogens with one attached hydrogen (secondary N) is 1. The van der Waals surface area contributed by atoms with Crippen molar-refractivity contribution < 1.29 is 23.1 Å². The summed E-state index contributed by atoms with van der Waals surface area (Å²) >= 11 is 11.3. The van der Waals surface area contributed by atoms with Crippen molar-refractivity contribution in [1.29, 1.82) is 0 Å². The van der Waals surface area contributed by atoms with Crippen LogP contribution in [0.3, 0.4) is 0 Å². The van der Waals surface area contributed by atoms with Crippen molar-refractivity contribution in [2.24, 2.45) is 0 Å². The second kappa shape index (κ2) is 7.06. The minimum atomic E-state index is -3.33. The van der Waals surface area contributed by atoms with Crippen LogP contribution in [0, 0.1) is 0 Å². The summed E-state index contributed by atoms with van der Waals surface area (Å²) in [6.45, 7) is 0. The lowest BCUT2D eigenvalue weighted by Gasteiger charge is -2.14. The molecule has 1 atom stereocenters. The highest BCUT2D eigenvalue weighted by Gasteiger charge is 2.22. The normalized spacial score (nSPS) is 12.7. The van der Waals surface area contributed by atoms with Gasteiger partial charge in [0.25, 0.3) is 5.91 Å². The van der Waals surface area contributed by atoms with Gasteiger partial charge in [-0.2, -0.15) is 0 Å². The van der Waals surface area contributed by atoms with Crippen molar-refractivity contribution in [3.8, 4) is 0 Å². The summed E-state index contributed by atoms with van der Waals surface area (Å²) < 4.78 is 22.1. The molecular weight excluding hydrogens is 343 g/mol. The average molecular weight is 355 g/mol. The predicted octanol–water partition coefficient (Wildman–Crippen LogP) is 1.01. The van der Waals surface area contributed by atoms with E-state index in [1.165, 1.54) is 6.07 Å². The zero-order valence-corrected chi connectivity index (χ0v) is 13.2. The Morgan fingerprint density at radius 3 is 2.52 bits per heavy atom. The molecule has 1 rings (SSSR count). The first kappa shape index (κ1) is 17.7. The quantitative estimate of drug-likeness (QED) is 0.736. The number of rotatable bonds is 6. The van der Waals surface area contributed by atoms with Gasteiger partial charge in [-0.25, -0.2) is 18.2 Å². The monoisotopic (exact) mass is 354 g/mol. The molecular formula is C11H12Cl2N2O5S. The number of carboxylic acid groups (broad SMARTS) is 1. The van der Waals surface area contributed by atoms with Gasteiger partial charge in [0.2, 0.25) is 0 Å². The average Bonchev–Trinajstić information content (AvgIpc) is 2.36. The van der Waals surface area contributed by atoms with Gasteiger partial charge in [0, 0.05) is 12.5 Å². The Hall–Kier alpha value is -1.38. The Bertz CT molecular complexity index is 663.